The lowest BCUT2D eigenvalue weighted by Crippen LogP contribution is -2.12. The second-order valence-corrected chi connectivity index (χ2v) is 7.37. The van der Waals surface area contributed by atoms with Crippen molar-refractivity contribution in [2.24, 2.45) is 11.8 Å². The molecule has 1 saturated carbocycles. The predicted molar refractivity (Wildman–Crippen MR) is 96.1 cm³/mol. The second kappa shape index (κ2) is 8.63. The van der Waals surface area contributed by atoms with E-state index in [0.29, 0.717) is 24.5 Å². The van der Waals surface area contributed by atoms with Gasteiger partial charge >= 0.3 is 5.97 Å². The van der Waals surface area contributed by atoms with E-state index >= 15 is 0 Å². The molecule has 0 bridgehead atoms. The van der Waals surface area contributed by atoms with Crippen LogP contribution in [0.25, 0.3) is 0 Å². The first kappa shape index (κ1) is 18.2. The van der Waals surface area contributed by atoms with Gasteiger partial charge in [-0.3, -0.25) is 0 Å². The number of unbranched alkanes of at least 4 members (excludes halogenated alkanes) is 2. The van der Waals surface area contributed by atoms with Gasteiger partial charge in [-0.25, -0.2) is 4.79 Å². The molecule has 2 unspecified atom stereocenters. The highest BCUT2D eigenvalue weighted by Crippen LogP contribution is 2.48. The van der Waals surface area contributed by atoms with Gasteiger partial charge in [-0.15, -0.1) is 0 Å². The summed E-state index contributed by atoms with van der Waals surface area (Å²) in [6.45, 7) is 1.40. The van der Waals surface area contributed by atoms with Crippen molar-refractivity contribution in [2.45, 2.75) is 57.7 Å². The van der Waals surface area contributed by atoms with Gasteiger partial charge in [0.05, 0.1) is 12.7 Å². The van der Waals surface area contributed by atoms with Crippen LogP contribution in [0.2, 0.25) is 0 Å². The van der Waals surface area contributed by atoms with Gasteiger partial charge in [-0.05, 0) is 55.9 Å². The van der Waals surface area contributed by atoms with Crippen LogP contribution in [0.15, 0.2) is 41.5 Å². The lowest BCUT2D eigenvalue weighted by Gasteiger charge is -2.10. The number of hydrogen-bond donors (Lipinski definition) is 2. The Kier molecular flexibility index (Phi) is 6.27. The van der Waals surface area contributed by atoms with E-state index in [2.05, 4.69) is 12.1 Å². The highest BCUT2D eigenvalue weighted by atomic mass is 16.5. The van der Waals surface area contributed by atoms with Crippen molar-refractivity contribution >= 4 is 5.97 Å². The molecule has 2 N–H and O–H groups in total. The topological polar surface area (TPSA) is 66.8 Å². The minimum atomic E-state index is -0.775. The average Bonchev–Trinajstić information content (AvgIpc) is 3.10. The lowest BCUT2D eigenvalue weighted by atomic mass is 9.95. The minimum Gasteiger partial charge on any atom is -0.478 e. The molecule has 3 atom stereocenters. The highest BCUT2D eigenvalue weighted by Gasteiger charge is 2.43. The SMILES string of the molecule is O=C(O)C1=C(CCCCCOCc2ccccc2)CC2C[C@H](O)CC12. The number of aliphatic hydroxyl groups excluding tert-OH is 1. The van der Waals surface area contributed by atoms with Crippen molar-refractivity contribution in [1.29, 1.82) is 0 Å². The normalized spacial score (nSPS) is 25.4. The summed E-state index contributed by atoms with van der Waals surface area (Å²) in [7, 11) is 0. The standard InChI is InChI=1S/C21H28O4/c22-18-12-17-11-16(20(21(23)24)19(17)13-18)9-5-2-6-10-25-14-15-7-3-1-4-8-15/h1,3-4,7-8,17-19,22H,2,5-6,9-14H2,(H,23,24)/t17?,18-,19?/m0/s1. The lowest BCUT2D eigenvalue weighted by molar-refractivity contribution is -0.133. The summed E-state index contributed by atoms with van der Waals surface area (Å²) in [6, 6.07) is 10.2. The number of hydrogen-bond acceptors (Lipinski definition) is 3. The van der Waals surface area contributed by atoms with Crippen LogP contribution in [0.3, 0.4) is 0 Å². The summed E-state index contributed by atoms with van der Waals surface area (Å²) < 4.78 is 5.69. The van der Waals surface area contributed by atoms with Gasteiger partial charge in [-0.2, -0.15) is 0 Å². The Labute approximate surface area is 149 Å². The smallest absolute Gasteiger partial charge is 0.331 e. The summed E-state index contributed by atoms with van der Waals surface area (Å²) in [6.07, 6.45) is 5.91. The van der Waals surface area contributed by atoms with Gasteiger partial charge in [0.1, 0.15) is 0 Å². The van der Waals surface area contributed by atoms with E-state index in [0.717, 1.165) is 50.7 Å². The number of carboxylic acid groups (broad SMARTS) is 1. The molecule has 3 rings (SSSR count). The molecule has 4 heteroatoms. The highest BCUT2D eigenvalue weighted by molar-refractivity contribution is 5.89. The molecular formula is C21H28O4. The zero-order valence-corrected chi connectivity index (χ0v) is 14.7. The molecule has 2 aliphatic rings. The number of allylic oxidation sites excluding steroid dienone is 1. The Morgan fingerprint density at radius 1 is 1.12 bits per heavy atom. The van der Waals surface area contributed by atoms with Crippen LogP contribution in [0.4, 0.5) is 0 Å². The molecule has 0 aromatic heterocycles. The largest absolute Gasteiger partial charge is 0.478 e. The zero-order chi connectivity index (χ0) is 17.6. The average molecular weight is 344 g/mol. The third-order valence-corrected chi connectivity index (χ3v) is 5.54. The van der Waals surface area contributed by atoms with Crippen molar-refractivity contribution in [3.63, 3.8) is 0 Å². The Bertz CT molecular complexity index is 608. The van der Waals surface area contributed by atoms with Crippen molar-refractivity contribution in [3.05, 3.63) is 47.0 Å². The molecule has 25 heavy (non-hydrogen) atoms. The van der Waals surface area contributed by atoms with Crippen LogP contribution in [0.5, 0.6) is 0 Å². The van der Waals surface area contributed by atoms with Gasteiger partial charge in [0.15, 0.2) is 0 Å². The maximum absolute atomic E-state index is 11.6. The van der Waals surface area contributed by atoms with Gasteiger partial charge in [0.25, 0.3) is 0 Å². The van der Waals surface area contributed by atoms with E-state index in [9.17, 15) is 15.0 Å². The summed E-state index contributed by atoms with van der Waals surface area (Å²) in [5.74, 6) is -0.343. The molecule has 0 heterocycles. The molecule has 0 amide bonds. The molecule has 0 spiro atoms. The maximum atomic E-state index is 11.6. The molecule has 136 valence electrons. The van der Waals surface area contributed by atoms with Gasteiger partial charge in [0.2, 0.25) is 0 Å². The minimum absolute atomic E-state index is 0.0803. The van der Waals surface area contributed by atoms with Gasteiger partial charge in [0, 0.05) is 12.2 Å². The zero-order valence-electron chi connectivity index (χ0n) is 14.7. The number of rotatable bonds is 9. The third kappa shape index (κ3) is 4.71. The Morgan fingerprint density at radius 2 is 1.92 bits per heavy atom. The van der Waals surface area contributed by atoms with Crippen LogP contribution < -0.4 is 0 Å². The summed E-state index contributed by atoms with van der Waals surface area (Å²) in [4.78, 5) is 11.6. The number of fused-ring (bicyclic) bond motifs is 1. The molecule has 0 radical (unpaired) electrons. The summed E-state index contributed by atoms with van der Waals surface area (Å²) in [5.41, 5.74) is 2.93. The first-order valence-corrected chi connectivity index (χ1v) is 9.40. The fraction of sp³-hybridized carbons (Fsp3) is 0.571. The van der Waals surface area contributed by atoms with E-state index < -0.39 is 5.97 Å². The molecule has 2 aliphatic carbocycles. The maximum Gasteiger partial charge on any atom is 0.331 e. The van der Waals surface area contributed by atoms with Gasteiger partial charge < -0.3 is 14.9 Å². The molecular weight excluding hydrogens is 316 g/mol. The number of carbonyl (C=O) groups is 1. The van der Waals surface area contributed by atoms with Crippen LogP contribution >= 0.6 is 0 Å². The third-order valence-electron chi connectivity index (χ3n) is 5.54. The van der Waals surface area contributed by atoms with E-state index in [1.54, 1.807) is 0 Å². The van der Waals surface area contributed by atoms with E-state index in [1.165, 1.54) is 5.56 Å². The van der Waals surface area contributed by atoms with E-state index in [1.807, 2.05) is 18.2 Å². The van der Waals surface area contributed by atoms with Crippen LogP contribution in [-0.2, 0) is 16.1 Å². The Morgan fingerprint density at radius 3 is 2.68 bits per heavy atom. The van der Waals surface area contributed by atoms with Crippen LogP contribution in [-0.4, -0.2) is 28.9 Å². The van der Waals surface area contributed by atoms with Crippen molar-refractivity contribution in [3.8, 4) is 0 Å². The van der Waals surface area contributed by atoms with Crippen LogP contribution in [0.1, 0.15) is 50.5 Å². The first-order chi connectivity index (χ1) is 12.1. The molecule has 4 nitrogen and oxygen atoms in total. The van der Waals surface area contributed by atoms with Crippen LogP contribution in [0, 0.1) is 11.8 Å². The number of aliphatic hydroxyl groups is 1. The number of ether oxygens (including phenoxy) is 1. The van der Waals surface area contributed by atoms with Crippen molar-refractivity contribution in [2.75, 3.05) is 6.61 Å². The molecule has 1 fully saturated rings. The molecule has 1 aromatic rings. The Hall–Kier alpha value is -1.65. The van der Waals surface area contributed by atoms with Crippen molar-refractivity contribution in [1.82, 2.24) is 0 Å². The van der Waals surface area contributed by atoms with E-state index in [-0.39, 0.29) is 12.0 Å². The number of benzene rings is 1. The monoisotopic (exact) mass is 344 g/mol. The second-order valence-electron chi connectivity index (χ2n) is 7.37. The predicted octanol–water partition coefficient (Wildman–Crippen LogP) is 3.94. The van der Waals surface area contributed by atoms with Crippen molar-refractivity contribution < 1.29 is 19.7 Å². The molecule has 1 aromatic carbocycles. The first-order valence-electron chi connectivity index (χ1n) is 9.40. The number of aliphatic carboxylic acids is 1. The van der Waals surface area contributed by atoms with Gasteiger partial charge in [-0.1, -0.05) is 42.3 Å². The fourth-order valence-corrected chi connectivity index (χ4v) is 4.39. The quantitative estimate of drug-likeness (QED) is 0.666. The summed E-state index contributed by atoms with van der Waals surface area (Å²) in [5, 5.41) is 19.3. The Balaban J connectivity index is 1.36. The number of carboxylic acids is 1. The molecule has 0 aliphatic heterocycles. The fourth-order valence-electron chi connectivity index (χ4n) is 4.39. The molecule has 0 saturated heterocycles. The van der Waals surface area contributed by atoms with E-state index in [4.69, 9.17) is 4.74 Å². The summed E-state index contributed by atoms with van der Waals surface area (Å²) >= 11 is 0.